The van der Waals surface area contributed by atoms with Crippen molar-refractivity contribution in [2.75, 3.05) is 13.2 Å². The smallest absolute Gasteiger partial charge is 0.306 e. The molecule has 0 N–H and O–H groups in total. The number of esters is 3. The first kappa shape index (κ1) is 61.5. The highest BCUT2D eigenvalue weighted by Gasteiger charge is 2.19. The summed E-state index contributed by atoms with van der Waals surface area (Å²) in [5, 5.41) is 0. The zero-order chi connectivity index (χ0) is 47.9. The molecule has 1 atom stereocenters. The molecule has 0 aromatic heterocycles. The minimum atomic E-state index is -0.830. The average molecular weight is 911 g/mol. The molecule has 0 spiro atoms. The van der Waals surface area contributed by atoms with Crippen molar-refractivity contribution in [2.45, 2.75) is 213 Å². The highest BCUT2D eigenvalue weighted by molar-refractivity contribution is 5.71. The fourth-order valence-corrected chi connectivity index (χ4v) is 6.56. The first-order valence-corrected chi connectivity index (χ1v) is 26.3. The van der Waals surface area contributed by atoms with Gasteiger partial charge in [-0.05, 0) is 103 Å². The molecule has 0 saturated carbocycles. The lowest BCUT2D eigenvalue weighted by Gasteiger charge is -2.18. The van der Waals surface area contributed by atoms with Gasteiger partial charge in [-0.15, -0.1) is 0 Å². The van der Waals surface area contributed by atoms with Gasteiger partial charge in [0.05, 0.1) is 0 Å². The SMILES string of the molecule is CC\C=C/C=C\C=C/CCCCCCCC(=O)OCC(COC(=O)CCCCCCC\C=C/C=C\C=C/C=C\CCCCC)OC(=O)CCC/C=C\C/C=C\C/C=C\C/C=C\CCCCC. The monoisotopic (exact) mass is 911 g/mol. The molecule has 6 nitrogen and oxygen atoms in total. The summed E-state index contributed by atoms with van der Waals surface area (Å²) in [6.45, 7) is 6.33. The molecule has 1 unspecified atom stereocenters. The molecule has 0 heterocycles. The van der Waals surface area contributed by atoms with E-state index < -0.39 is 6.10 Å². The van der Waals surface area contributed by atoms with Crippen LogP contribution in [0, 0.1) is 0 Å². The van der Waals surface area contributed by atoms with E-state index in [1.165, 1.54) is 44.9 Å². The predicted molar refractivity (Wildman–Crippen MR) is 283 cm³/mol. The lowest BCUT2D eigenvalue weighted by atomic mass is 10.1. The van der Waals surface area contributed by atoms with Crippen molar-refractivity contribution in [3.05, 3.63) is 134 Å². The van der Waals surface area contributed by atoms with Gasteiger partial charge < -0.3 is 14.2 Å². The Morgan fingerprint density at radius 3 is 1.11 bits per heavy atom. The summed E-state index contributed by atoms with van der Waals surface area (Å²) in [7, 11) is 0. The zero-order valence-electron chi connectivity index (χ0n) is 42.1. The van der Waals surface area contributed by atoms with Crippen LogP contribution in [0.1, 0.15) is 207 Å². The van der Waals surface area contributed by atoms with Crippen LogP contribution in [0.4, 0.5) is 0 Å². The van der Waals surface area contributed by atoms with Gasteiger partial charge in [-0.25, -0.2) is 0 Å². The van der Waals surface area contributed by atoms with E-state index in [0.717, 1.165) is 116 Å². The maximum absolute atomic E-state index is 12.8. The second-order valence-electron chi connectivity index (χ2n) is 16.8. The number of carbonyl (C=O) groups is 3. The number of hydrogen-bond donors (Lipinski definition) is 0. The number of unbranched alkanes of at least 4 members (excludes halogenated alkanes) is 17. The number of rotatable bonds is 45. The molecule has 0 aromatic carbocycles. The molecule has 0 bridgehead atoms. The minimum absolute atomic E-state index is 0.123. The third kappa shape index (κ3) is 50.5. The van der Waals surface area contributed by atoms with Crippen LogP contribution in [-0.2, 0) is 28.6 Å². The van der Waals surface area contributed by atoms with Crippen LogP contribution in [0.2, 0.25) is 0 Å². The maximum Gasteiger partial charge on any atom is 0.306 e. The Bertz CT molecular complexity index is 1460. The van der Waals surface area contributed by atoms with Crippen molar-refractivity contribution in [1.29, 1.82) is 0 Å². The van der Waals surface area contributed by atoms with E-state index in [9.17, 15) is 14.4 Å². The van der Waals surface area contributed by atoms with E-state index >= 15 is 0 Å². The summed E-state index contributed by atoms with van der Waals surface area (Å²) in [6, 6.07) is 0. The lowest BCUT2D eigenvalue weighted by Crippen LogP contribution is -2.30. The number of ether oxygens (including phenoxy) is 3. The minimum Gasteiger partial charge on any atom is -0.462 e. The van der Waals surface area contributed by atoms with Crippen LogP contribution in [0.3, 0.4) is 0 Å². The fourth-order valence-electron chi connectivity index (χ4n) is 6.56. The number of allylic oxidation sites excluding steroid dienone is 22. The summed E-state index contributed by atoms with van der Waals surface area (Å²) in [4.78, 5) is 38.0. The quantitative estimate of drug-likeness (QED) is 0.0199. The van der Waals surface area contributed by atoms with Crippen LogP contribution in [0.5, 0.6) is 0 Å². The van der Waals surface area contributed by atoms with Gasteiger partial charge in [-0.1, -0.05) is 219 Å². The molecule has 0 saturated heterocycles. The lowest BCUT2D eigenvalue weighted by molar-refractivity contribution is -0.167. The van der Waals surface area contributed by atoms with Crippen LogP contribution >= 0.6 is 0 Å². The van der Waals surface area contributed by atoms with Gasteiger partial charge in [0, 0.05) is 19.3 Å². The molecule has 0 amide bonds. The topological polar surface area (TPSA) is 78.9 Å². The predicted octanol–water partition coefficient (Wildman–Crippen LogP) is 17.5. The van der Waals surface area contributed by atoms with Crippen LogP contribution in [0.25, 0.3) is 0 Å². The van der Waals surface area contributed by atoms with Crippen LogP contribution < -0.4 is 0 Å². The third-order valence-corrected chi connectivity index (χ3v) is 10.5. The average Bonchev–Trinajstić information content (AvgIpc) is 3.31. The molecule has 0 aromatic rings. The van der Waals surface area contributed by atoms with Crippen molar-refractivity contribution >= 4 is 17.9 Å². The van der Waals surface area contributed by atoms with Gasteiger partial charge in [-0.2, -0.15) is 0 Å². The van der Waals surface area contributed by atoms with Crippen molar-refractivity contribution in [2.24, 2.45) is 0 Å². The Morgan fingerprint density at radius 1 is 0.333 bits per heavy atom. The first-order valence-electron chi connectivity index (χ1n) is 26.3. The number of carbonyl (C=O) groups excluding carboxylic acids is 3. The van der Waals surface area contributed by atoms with Gasteiger partial charge in [-0.3, -0.25) is 14.4 Å². The highest BCUT2D eigenvalue weighted by atomic mass is 16.6. The largest absolute Gasteiger partial charge is 0.462 e. The molecule has 0 rings (SSSR count). The van der Waals surface area contributed by atoms with E-state index in [0.29, 0.717) is 19.3 Å². The Balaban J connectivity index is 4.58. The Morgan fingerprint density at radius 2 is 0.667 bits per heavy atom. The molecular weight excluding hydrogens is 817 g/mol. The molecule has 0 radical (unpaired) electrons. The molecule has 66 heavy (non-hydrogen) atoms. The van der Waals surface area contributed by atoms with Gasteiger partial charge in [0.25, 0.3) is 0 Å². The molecule has 0 aliphatic heterocycles. The van der Waals surface area contributed by atoms with Gasteiger partial charge >= 0.3 is 17.9 Å². The van der Waals surface area contributed by atoms with Crippen molar-refractivity contribution in [3.63, 3.8) is 0 Å². The van der Waals surface area contributed by atoms with Gasteiger partial charge in [0.1, 0.15) is 13.2 Å². The van der Waals surface area contributed by atoms with E-state index in [-0.39, 0.29) is 37.5 Å². The molecule has 0 aliphatic rings. The normalized spacial score (nSPS) is 13.2. The molecule has 370 valence electrons. The van der Waals surface area contributed by atoms with E-state index in [2.05, 4.69) is 148 Å². The third-order valence-electron chi connectivity index (χ3n) is 10.5. The number of hydrogen-bond acceptors (Lipinski definition) is 6. The van der Waals surface area contributed by atoms with Crippen molar-refractivity contribution in [3.8, 4) is 0 Å². The van der Waals surface area contributed by atoms with Gasteiger partial charge in [0.15, 0.2) is 6.10 Å². The van der Waals surface area contributed by atoms with Crippen LogP contribution in [-0.4, -0.2) is 37.2 Å². The van der Waals surface area contributed by atoms with Crippen molar-refractivity contribution in [1.82, 2.24) is 0 Å². The second kappa shape index (κ2) is 53.2. The fraction of sp³-hybridized carbons (Fsp3) is 0.583. The Kier molecular flexibility index (Phi) is 49.6. The summed E-state index contributed by atoms with van der Waals surface area (Å²) in [5.41, 5.74) is 0. The first-order chi connectivity index (χ1) is 32.5. The summed E-state index contributed by atoms with van der Waals surface area (Å²) in [6.07, 6.45) is 74.3. The standard InChI is InChI=1S/C60H94O6/c1-4-7-10-13-16-19-22-25-27-29-31-32-35-38-41-44-47-50-53-59(62)65-56-57(55-64-58(61)52-49-46-43-40-37-34-24-21-18-15-12-9-6-3)66-60(63)54-51-48-45-42-39-36-33-30-28-26-23-20-17-14-11-8-5-2/h9,12,15-22,24-29,31-33,36,42,45,57H,4-8,10-11,13-14,23,30,34-35,37-41,43-44,46-56H2,1-3H3/b12-9-,18-15-,19-16-,20-17-,24-21-,25-22-,28-26-,29-27-,32-31-,36-33-,45-42-. The van der Waals surface area contributed by atoms with Gasteiger partial charge in [0.2, 0.25) is 0 Å². The maximum atomic E-state index is 12.8. The zero-order valence-corrected chi connectivity index (χ0v) is 42.1. The van der Waals surface area contributed by atoms with Crippen LogP contribution in [0.15, 0.2) is 134 Å². The Hall–Kier alpha value is -4.45. The molecule has 0 aliphatic carbocycles. The van der Waals surface area contributed by atoms with Crippen molar-refractivity contribution < 1.29 is 28.6 Å². The summed E-state index contributed by atoms with van der Waals surface area (Å²) >= 11 is 0. The highest BCUT2D eigenvalue weighted by Crippen LogP contribution is 2.12. The summed E-state index contributed by atoms with van der Waals surface area (Å²) in [5.74, 6) is -1.03. The molecule has 0 fully saturated rings. The summed E-state index contributed by atoms with van der Waals surface area (Å²) < 4.78 is 16.7. The van der Waals surface area contributed by atoms with E-state index in [1.54, 1.807) is 0 Å². The molecular formula is C60H94O6. The second-order valence-corrected chi connectivity index (χ2v) is 16.8. The van der Waals surface area contributed by atoms with E-state index in [1.807, 2.05) is 6.08 Å². The van der Waals surface area contributed by atoms with E-state index in [4.69, 9.17) is 14.2 Å². The Labute approximate surface area is 405 Å². The molecule has 6 heteroatoms.